The lowest BCUT2D eigenvalue weighted by Gasteiger charge is -2.18. The molecule has 6 nitrogen and oxygen atoms in total. The first-order chi connectivity index (χ1) is 14.7. The molecule has 2 aromatic carbocycles. The van der Waals surface area contributed by atoms with Gasteiger partial charge in [-0.2, -0.15) is 0 Å². The van der Waals surface area contributed by atoms with Crippen molar-refractivity contribution in [2.45, 2.75) is 25.7 Å². The summed E-state index contributed by atoms with van der Waals surface area (Å²) in [6, 6.07) is 10.5. The third-order valence-electron chi connectivity index (χ3n) is 5.83. The highest BCUT2D eigenvalue weighted by Gasteiger charge is 2.16. The highest BCUT2D eigenvalue weighted by atomic mass is 16.6. The van der Waals surface area contributed by atoms with Crippen LogP contribution >= 0.6 is 0 Å². The predicted molar refractivity (Wildman–Crippen MR) is 115 cm³/mol. The van der Waals surface area contributed by atoms with Crippen molar-refractivity contribution in [2.24, 2.45) is 0 Å². The number of nitrogens with zero attached hydrogens (tertiary/aromatic N) is 1. The van der Waals surface area contributed by atoms with Crippen LogP contribution in [0.2, 0.25) is 0 Å². The second kappa shape index (κ2) is 8.03. The molecule has 5 rings (SSSR count). The molecule has 0 radical (unpaired) electrons. The maximum atomic E-state index is 12.7. The second-order valence-corrected chi connectivity index (χ2v) is 7.97. The van der Waals surface area contributed by atoms with Gasteiger partial charge in [0.15, 0.2) is 16.9 Å². The first-order valence-corrected chi connectivity index (χ1v) is 10.6. The third kappa shape index (κ3) is 3.75. The van der Waals surface area contributed by atoms with Crippen molar-refractivity contribution < 1.29 is 19.0 Å². The molecule has 2 aliphatic heterocycles. The van der Waals surface area contributed by atoms with Gasteiger partial charge in [-0.25, -0.2) is 0 Å². The Kier molecular flexibility index (Phi) is 5.09. The molecule has 1 aromatic heterocycles. The number of likely N-dealkylation sites (tertiary alicyclic amines) is 1. The zero-order valence-electron chi connectivity index (χ0n) is 16.9. The van der Waals surface area contributed by atoms with E-state index < -0.39 is 0 Å². The smallest absolute Gasteiger partial charge is 0.197 e. The largest absolute Gasteiger partial charge is 0.507 e. The van der Waals surface area contributed by atoms with Crippen LogP contribution in [-0.4, -0.2) is 42.9 Å². The summed E-state index contributed by atoms with van der Waals surface area (Å²) in [7, 11) is 0. The zero-order chi connectivity index (χ0) is 20.5. The Hall–Kier alpha value is -2.99. The zero-order valence-corrected chi connectivity index (χ0v) is 16.9. The van der Waals surface area contributed by atoms with Crippen LogP contribution in [0.5, 0.6) is 17.2 Å². The molecule has 0 unspecified atom stereocenters. The molecule has 0 bridgehead atoms. The Morgan fingerprint density at radius 2 is 1.77 bits per heavy atom. The Bertz CT molecular complexity index is 1130. The molecule has 1 fully saturated rings. The summed E-state index contributed by atoms with van der Waals surface area (Å²) in [4.78, 5) is 15.2. The van der Waals surface area contributed by atoms with Crippen LogP contribution in [0.1, 0.15) is 24.8 Å². The average molecular weight is 407 g/mol. The van der Waals surface area contributed by atoms with E-state index >= 15 is 0 Å². The van der Waals surface area contributed by atoms with Crippen molar-refractivity contribution in [3.63, 3.8) is 0 Å². The average Bonchev–Trinajstić information content (AvgIpc) is 3.26. The maximum Gasteiger partial charge on any atom is 0.197 e. The molecule has 2 aliphatic rings. The summed E-state index contributed by atoms with van der Waals surface area (Å²) in [5, 5.41) is 10.7. The summed E-state index contributed by atoms with van der Waals surface area (Å²) < 4.78 is 17.3. The van der Waals surface area contributed by atoms with Crippen molar-refractivity contribution >= 4 is 11.0 Å². The van der Waals surface area contributed by atoms with Crippen LogP contribution in [0.3, 0.4) is 0 Å². The summed E-state index contributed by atoms with van der Waals surface area (Å²) in [5.41, 5.74) is 1.85. The van der Waals surface area contributed by atoms with Crippen molar-refractivity contribution in [1.82, 2.24) is 4.90 Å². The van der Waals surface area contributed by atoms with Gasteiger partial charge in [0.1, 0.15) is 35.7 Å². The van der Waals surface area contributed by atoms with Crippen LogP contribution in [0, 0.1) is 0 Å². The van der Waals surface area contributed by atoms with E-state index in [0.29, 0.717) is 36.1 Å². The number of rotatable bonds is 5. The molecule has 156 valence electrons. The number of fused-ring (bicyclic) bond motifs is 2. The lowest BCUT2D eigenvalue weighted by Crippen LogP contribution is -2.20. The minimum Gasteiger partial charge on any atom is -0.507 e. The van der Waals surface area contributed by atoms with E-state index in [1.54, 1.807) is 6.07 Å². The highest BCUT2D eigenvalue weighted by molar-refractivity contribution is 5.85. The molecule has 1 saturated heterocycles. The fourth-order valence-corrected chi connectivity index (χ4v) is 4.32. The number of ether oxygens (including phenoxy) is 2. The maximum absolute atomic E-state index is 12.7. The molecule has 3 heterocycles. The molecular weight excluding hydrogens is 382 g/mol. The van der Waals surface area contributed by atoms with Gasteiger partial charge in [-0.15, -0.1) is 0 Å². The van der Waals surface area contributed by atoms with Gasteiger partial charge >= 0.3 is 0 Å². The van der Waals surface area contributed by atoms with E-state index in [1.165, 1.54) is 32.0 Å². The van der Waals surface area contributed by atoms with Gasteiger partial charge < -0.3 is 23.9 Å². The molecule has 1 N–H and O–H groups in total. The van der Waals surface area contributed by atoms with E-state index in [9.17, 15) is 9.90 Å². The number of phenolic OH excluding ortho intramolecular Hbond substituents is 1. The van der Waals surface area contributed by atoms with Crippen molar-refractivity contribution in [2.75, 3.05) is 32.8 Å². The number of benzene rings is 2. The first-order valence-electron chi connectivity index (χ1n) is 10.6. The van der Waals surface area contributed by atoms with Crippen molar-refractivity contribution in [3.05, 3.63) is 52.2 Å². The highest BCUT2D eigenvalue weighted by Crippen LogP contribution is 2.35. The molecular formula is C24H25NO5. The topological polar surface area (TPSA) is 72.1 Å². The fourth-order valence-electron chi connectivity index (χ4n) is 4.32. The molecule has 0 spiro atoms. The number of hydrogen-bond donors (Lipinski definition) is 1. The minimum absolute atomic E-state index is 0.0221. The van der Waals surface area contributed by atoms with Crippen LogP contribution in [0.25, 0.3) is 22.3 Å². The van der Waals surface area contributed by atoms with Gasteiger partial charge in [0.2, 0.25) is 0 Å². The molecule has 3 aromatic rings. The van der Waals surface area contributed by atoms with E-state index in [2.05, 4.69) is 4.90 Å². The van der Waals surface area contributed by atoms with E-state index in [-0.39, 0.29) is 16.6 Å². The lowest BCUT2D eigenvalue weighted by atomic mass is 10.0. The standard InChI is InChI=1S/C24H25NO5/c26-18-12-16(4-3-9-25-7-1-2-8-25)13-23-24(18)19(27)15-21(30-23)17-5-6-20-22(14-17)29-11-10-28-20/h5-6,12-15,26H,1-4,7-11H2. The van der Waals surface area contributed by atoms with Gasteiger partial charge in [-0.05, 0) is 81.2 Å². The second-order valence-electron chi connectivity index (χ2n) is 7.97. The van der Waals surface area contributed by atoms with Gasteiger partial charge in [-0.1, -0.05) is 0 Å². The van der Waals surface area contributed by atoms with Gasteiger partial charge in [0, 0.05) is 11.6 Å². The minimum atomic E-state index is -0.262. The molecule has 0 atom stereocenters. The monoisotopic (exact) mass is 407 g/mol. The quantitative estimate of drug-likeness (QED) is 0.690. The van der Waals surface area contributed by atoms with Crippen LogP contribution in [0.15, 0.2) is 45.6 Å². The molecule has 0 saturated carbocycles. The van der Waals surface area contributed by atoms with Gasteiger partial charge in [0.05, 0.1) is 0 Å². The summed E-state index contributed by atoms with van der Waals surface area (Å²) in [6.07, 6.45) is 4.41. The Morgan fingerprint density at radius 1 is 0.967 bits per heavy atom. The fraction of sp³-hybridized carbons (Fsp3) is 0.375. The van der Waals surface area contributed by atoms with Crippen LogP contribution in [-0.2, 0) is 6.42 Å². The number of phenols is 1. The van der Waals surface area contributed by atoms with E-state index in [4.69, 9.17) is 13.9 Å². The van der Waals surface area contributed by atoms with Gasteiger partial charge in [0.25, 0.3) is 0 Å². The lowest BCUT2D eigenvalue weighted by molar-refractivity contribution is 0.171. The van der Waals surface area contributed by atoms with Crippen molar-refractivity contribution in [1.29, 1.82) is 0 Å². The molecule has 30 heavy (non-hydrogen) atoms. The molecule has 0 amide bonds. The summed E-state index contributed by atoms with van der Waals surface area (Å²) >= 11 is 0. The summed E-state index contributed by atoms with van der Waals surface area (Å²) in [5.74, 6) is 1.75. The SMILES string of the molecule is O=c1cc(-c2ccc3c(c2)OCCO3)oc2cc(CCCN3CCCC3)cc(O)c12. The molecule has 0 aliphatic carbocycles. The van der Waals surface area contributed by atoms with Crippen LogP contribution < -0.4 is 14.9 Å². The van der Waals surface area contributed by atoms with E-state index in [0.717, 1.165) is 30.5 Å². The third-order valence-corrected chi connectivity index (χ3v) is 5.83. The number of hydrogen-bond acceptors (Lipinski definition) is 6. The number of aryl methyl sites for hydroxylation is 1. The first kappa shape index (κ1) is 19.0. The van der Waals surface area contributed by atoms with Crippen LogP contribution in [0.4, 0.5) is 0 Å². The Labute approximate surface area is 174 Å². The molecule has 6 heteroatoms. The van der Waals surface area contributed by atoms with Gasteiger partial charge in [-0.3, -0.25) is 4.79 Å². The number of aromatic hydroxyl groups is 1. The summed E-state index contributed by atoms with van der Waals surface area (Å²) in [6.45, 7) is 4.43. The van der Waals surface area contributed by atoms with E-state index in [1.807, 2.05) is 24.3 Å². The normalized spacial score (nSPS) is 16.3. The predicted octanol–water partition coefficient (Wildman–Crippen LogP) is 3.97. The Morgan fingerprint density at radius 3 is 2.60 bits per heavy atom. The van der Waals surface area contributed by atoms with Crippen molar-refractivity contribution in [3.8, 4) is 28.6 Å². The Balaban J connectivity index is 1.45.